The van der Waals surface area contributed by atoms with Crippen molar-refractivity contribution in [1.29, 1.82) is 0 Å². The number of fused-ring (bicyclic) bond motifs is 1. The second-order valence-corrected chi connectivity index (χ2v) is 5.48. The Kier molecular flexibility index (Phi) is 3.29. The number of allylic oxidation sites excluding steroid dienone is 4. The zero-order chi connectivity index (χ0) is 16.5. The van der Waals surface area contributed by atoms with E-state index in [1.807, 2.05) is 24.3 Å². The molecule has 0 radical (unpaired) electrons. The topological polar surface area (TPSA) is 63.0 Å². The van der Waals surface area contributed by atoms with Crippen LogP contribution in [0.4, 0.5) is 5.69 Å². The summed E-state index contributed by atoms with van der Waals surface area (Å²) in [5.41, 5.74) is 4.60. The van der Waals surface area contributed by atoms with Crippen LogP contribution in [0, 0.1) is 6.57 Å². The van der Waals surface area contributed by atoms with Gasteiger partial charge >= 0.3 is 0 Å². The molecule has 0 bridgehead atoms. The molecule has 4 rings (SSSR count). The quantitative estimate of drug-likeness (QED) is 0.729. The molecule has 1 aliphatic rings. The number of hydrogen-bond donors (Lipinski definition) is 1. The summed E-state index contributed by atoms with van der Waals surface area (Å²) in [5.74, 6) is 0.564. The molecule has 0 saturated carbocycles. The average molecular weight is 312 g/mol. The summed E-state index contributed by atoms with van der Waals surface area (Å²) in [7, 11) is 0. The number of carbonyl (C=O) groups excluding carboxylic acids is 1. The lowest BCUT2D eigenvalue weighted by Gasteiger charge is -2.11. The molecule has 5 heteroatoms. The van der Waals surface area contributed by atoms with Crippen LogP contribution < -0.4 is 0 Å². The van der Waals surface area contributed by atoms with E-state index in [4.69, 9.17) is 6.57 Å². The average Bonchev–Trinajstić information content (AvgIpc) is 3.05. The monoisotopic (exact) mass is 312 g/mol. The number of nitrogens with zero attached hydrogens (tertiary/aromatic N) is 3. The maximum absolute atomic E-state index is 12.3. The standard InChI is InChI=1S/C19H12N4O/c1-20-14-3-4-16-17(11-14)23-19(22-16)15-10-13(2-5-18(15)24)12-6-8-21-9-7-12/h2-4,6-11H,5H2,(H,22,23). The van der Waals surface area contributed by atoms with Crippen molar-refractivity contribution < 1.29 is 4.79 Å². The molecule has 1 N–H and O–H groups in total. The molecule has 2 heterocycles. The van der Waals surface area contributed by atoms with Gasteiger partial charge in [-0.2, -0.15) is 0 Å². The maximum atomic E-state index is 12.3. The summed E-state index contributed by atoms with van der Waals surface area (Å²) < 4.78 is 0. The molecule has 3 aromatic rings. The number of aromatic amines is 1. The third-order valence-corrected chi connectivity index (χ3v) is 3.97. The number of pyridine rings is 1. The van der Waals surface area contributed by atoms with Gasteiger partial charge < -0.3 is 4.98 Å². The number of carbonyl (C=O) groups is 1. The SMILES string of the molecule is [C-]#[N+]c1ccc2nc(C3=CC(c4ccncc4)=CCC3=O)[nH]c2c1. The van der Waals surface area contributed by atoms with E-state index in [0.29, 0.717) is 23.5 Å². The van der Waals surface area contributed by atoms with Gasteiger partial charge in [-0.1, -0.05) is 12.1 Å². The maximum Gasteiger partial charge on any atom is 0.189 e. The minimum atomic E-state index is 0.0252. The van der Waals surface area contributed by atoms with Crippen LogP contribution in [0.25, 0.3) is 27.0 Å². The zero-order valence-corrected chi connectivity index (χ0v) is 12.7. The Hall–Kier alpha value is -3.52. The molecule has 114 valence electrons. The first-order valence-corrected chi connectivity index (χ1v) is 7.47. The van der Waals surface area contributed by atoms with Crippen molar-refractivity contribution >= 4 is 33.7 Å². The second kappa shape index (κ2) is 5.60. The Morgan fingerprint density at radius 3 is 2.79 bits per heavy atom. The minimum absolute atomic E-state index is 0.0252. The zero-order valence-electron chi connectivity index (χ0n) is 12.7. The van der Waals surface area contributed by atoms with E-state index in [-0.39, 0.29) is 5.78 Å². The molecule has 1 aromatic carbocycles. The number of ketones is 1. The van der Waals surface area contributed by atoms with Gasteiger partial charge in [-0.3, -0.25) is 9.78 Å². The summed E-state index contributed by atoms with van der Waals surface area (Å²) in [6.07, 6.45) is 7.57. The molecule has 24 heavy (non-hydrogen) atoms. The molecule has 0 saturated heterocycles. The fourth-order valence-corrected chi connectivity index (χ4v) is 2.75. The third-order valence-electron chi connectivity index (χ3n) is 3.97. The number of hydrogen-bond acceptors (Lipinski definition) is 3. The van der Waals surface area contributed by atoms with Gasteiger partial charge in [0.05, 0.1) is 23.2 Å². The van der Waals surface area contributed by atoms with Gasteiger partial charge in [0.1, 0.15) is 5.82 Å². The highest BCUT2D eigenvalue weighted by Gasteiger charge is 2.20. The van der Waals surface area contributed by atoms with E-state index < -0.39 is 0 Å². The highest BCUT2D eigenvalue weighted by atomic mass is 16.1. The van der Waals surface area contributed by atoms with E-state index in [1.165, 1.54) is 0 Å². The van der Waals surface area contributed by atoms with Gasteiger partial charge in [0, 0.05) is 18.8 Å². The van der Waals surface area contributed by atoms with Crippen LogP contribution >= 0.6 is 0 Å². The van der Waals surface area contributed by atoms with Crippen LogP contribution in [0.1, 0.15) is 17.8 Å². The predicted octanol–water partition coefficient (Wildman–Crippen LogP) is 3.95. The van der Waals surface area contributed by atoms with Crippen molar-refractivity contribution in [3.05, 3.63) is 77.7 Å². The van der Waals surface area contributed by atoms with Crippen molar-refractivity contribution in [2.45, 2.75) is 6.42 Å². The van der Waals surface area contributed by atoms with Gasteiger partial charge in [-0.15, -0.1) is 0 Å². The number of aromatic nitrogens is 3. The summed E-state index contributed by atoms with van der Waals surface area (Å²) in [5, 5.41) is 0. The van der Waals surface area contributed by atoms with Crippen LogP contribution in [-0.4, -0.2) is 20.7 Å². The highest BCUT2D eigenvalue weighted by molar-refractivity contribution is 6.24. The normalized spacial score (nSPS) is 14.2. The molecule has 0 unspecified atom stereocenters. The van der Waals surface area contributed by atoms with E-state index in [2.05, 4.69) is 19.8 Å². The first-order chi connectivity index (χ1) is 11.7. The van der Waals surface area contributed by atoms with Crippen molar-refractivity contribution in [2.75, 3.05) is 0 Å². The number of nitrogens with one attached hydrogen (secondary N) is 1. The second-order valence-electron chi connectivity index (χ2n) is 5.48. The minimum Gasteiger partial charge on any atom is -0.339 e. The summed E-state index contributed by atoms with van der Waals surface area (Å²) >= 11 is 0. The summed E-state index contributed by atoms with van der Waals surface area (Å²) in [6, 6.07) is 9.08. The molecule has 0 spiro atoms. The van der Waals surface area contributed by atoms with Gasteiger partial charge in [0.15, 0.2) is 11.5 Å². The number of benzene rings is 1. The van der Waals surface area contributed by atoms with E-state index >= 15 is 0 Å². The van der Waals surface area contributed by atoms with Crippen molar-refractivity contribution in [2.24, 2.45) is 0 Å². The lowest BCUT2D eigenvalue weighted by Crippen LogP contribution is -2.06. The molecule has 0 amide bonds. The number of rotatable bonds is 2. The van der Waals surface area contributed by atoms with Crippen LogP contribution in [0.15, 0.2) is 54.9 Å². The summed E-state index contributed by atoms with van der Waals surface area (Å²) in [4.78, 5) is 27.4. The lowest BCUT2D eigenvalue weighted by molar-refractivity contribution is -0.113. The first kappa shape index (κ1) is 14.1. The Morgan fingerprint density at radius 2 is 2.00 bits per heavy atom. The Balaban J connectivity index is 1.79. The van der Waals surface area contributed by atoms with Gasteiger partial charge in [-0.25, -0.2) is 9.83 Å². The predicted molar refractivity (Wildman–Crippen MR) is 92.2 cm³/mol. The van der Waals surface area contributed by atoms with Crippen LogP contribution in [0.2, 0.25) is 0 Å². The van der Waals surface area contributed by atoms with Gasteiger partial charge in [0.25, 0.3) is 0 Å². The third kappa shape index (κ3) is 2.40. The number of H-pyrrole nitrogens is 1. The number of Topliss-reactive ketones (excluding diaryl/α,β-unsaturated/α-hetero) is 1. The van der Waals surface area contributed by atoms with Gasteiger partial charge in [-0.05, 0) is 41.5 Å². The fourth-order valence-electron chi connectivity index (χ4n) is 2.75. The lowest BCUT2D eigenvalue weighted by atomic mass is 9.94. The molecule has 5 nitrogen and oxygen atoms in total. The van der Waals surface area contributed by atoms with Gasteiger partial charge in [0.2, 0.25) is 0 Å². The smallest absolute Gasteiger partial charge is 0.189 e. The first-order valence-electron chi connectivity index (χ1n) is 7.47. The molecular weight excluding hydrogens is 300 g/mol. The Bertz CT molecular complexity index is 1050. The fraction of sp³-hybridized carbons (Fsp3) is 0.0526. The van der Waals surface area contributed by atoms with E-state index in [1.54, 1.807) is 30.6 Å². The Morgan fingerprint density at radius 1 is 1.17 bits per heavy atom. The molecule has 0 aliphatic heterocycles. The molecular formula is C19H12N4O. The van der Waals surface area contributed by atoms with Crippen molar-refractivity contribution in [3.63, 3.8) is 0 Å². The molecule has 0 fully saturated rings. The highest BCUT2D eigenvalue weighted by Crippen LogP contribution is 2.29. The van der Waals surface area contributed by atoms with Crippen molar-refractivity contribution in [1.82, 2.24) is 15.0 Å². The molecule has 0 atom stereocenters. The van der Waals surface area contributed by atoms with Crippen LogP contribution in [0.5, 0.6) is 0 Å². The van der Waals surface area contributed by atoms with Crippen molar-refractivity contribution in [3.8, 4) is 0 Å². The Labute approximate surface area is 138 Å². The van der Waals surface area contributed by atoms with Crippen LogP contribution in [-0.2, 0) is 4.79 Å². The molecule has 2 aromatic heterocycles. The largest absolute Gasteiger partial charge is 0.339 e. The van der Waals surface area contributed by atoms with Crippen LogP contribution in [0.3, 0.4) is 0 Å². The molecule has 1 aliphatic carbocycles. The summed E-state index contributed by atoms with van der Waals surface area (Å²) in [6.45, 7) is 7.09. The number of imidazole rings is 1. The van der Waals surface area contributed by atoms with E-state index in [0.717, 1.165) is 22.2 Å². The van der Waals surface area contributed by atoms with E-state index in [9.17, 15) is 4.79 Å².